The molecule has 3 heterocycles. The maximum absolute atomic E-state index is 13.5. The van der Waals surface area contributed by atoms with Crippen LogP contribution in [0.3, 0.4) is 0 Å². The molecule has 0 aliphatic heterocycles. The van der Waals surface area contributed by atoms with Crippen LogP contribution in [0.5, 0.6) is 0 Å². The van der Waals surface area contributed by atoms with Gasteiger partial charge in [-0.05, 0) is 75.4 Å². The van der Waals surface area contributed by atoms with Crippen molar-refractivity contribution in [2.75, 3.05) is 0 Å². The summed E-state index contributed by atoms with van der Waals surface area (Å²) >= 11 is 3.48. The SMILES string of the molecule is Cc1c(-c2ccc(CC(C)(C)C(F)(F)F)cc2)sc2c(-c3cc4c(s3)-c3ccccc3-c3ccccc3-c3ccccc3-4)nccc12. The van der Waals surface area contributed by atoms with Crippen LogP contribution in [0.15, 0.2) is 115 Å². The molecule has 1 aliphatic carbocycles. The molecule has 0 radical (unpaired) electrons. The first-order chi connectivity index (χ1) is 22.6. The number of halogens is 3. The molecule has 0 unspecified atom stereocenters. The fraction of sp³-hybridized carbons (Fsp3) is 0.146. The smallest absolute Gasteiger partial charge is 0.254 e. The van der Waals surface area contributed by atoms with Crippen molar-refractivity contribution in [3.63, 3.8) is 0 Å². The largest absolute Gasteiger partial charge is 0.394 e. The van der Waals surface area contributed by atoms with E-state index in [4.69, 9.17) is 4.98 Å². The van der Waals surface area contributed by atoms with E-state index >= 15 is 0 Å². The van der Waals surface area contributed by atoms with Crippen LogP contribution in [0.2, 0.25) is 0 Å². The highest BCUT2D eigenvalue weighted by atomic mass is 32.1. The van der Waals surface area contributed by atoms with Gasteiger partial charge in [0.1, 0.15) is 0 Å². The van der Waals surface area contributed by atoms with E-state index in [1.807, 2.05) is 30.5 Å². The fourth-order valence-corrected chi connectivity index (χ4v) is 9.30. The lowest BCUT2D eigenvalue weighted by Crippen LogP contribution is -2.34. The third-order valence-corrected chi connectivity index (χ3v) is 11.9. The van der Waals surface area contributed by atoms with Gasteiger partial charge < -0.3 is 0 Å². The lowest BCUT2D eigenvalue weighted by molar-refractivity contribution is -0.211. The minimum atomic E-state index is -4.26. The predicted molar refractivity (Wildman–Crippen MR) is 192 cm³/mol. The summed E-state index contributed by atoms with van der Waals surface area (Å²) in [4.78, 5) is 8.40. The van der Waals surface area contributed by atoms with Gasteiger partial charge in [0.05, 0.1) is 20.7 Å². The number of hydrogen-bond acceptors (Lipinski definition) is 3. The van der Waals surface area contributed by atoms with Gasteiger partial charge in [0.25, 0.3) is 0 Å². The topological polar surface area (TPSA) is 12.9 Å². The second-order valence-corrected chi connectivity index (χ2v) is 14.9. The molecular formula is C41H30F3NS2. The molecule has 0 fully saturated rings. The predicted octanol–water partition coefficient (Wildman–Crippen LogP) is 13.1. The van der Waals surface area contributed by atoms with Crippen LogP contribution < -0.4 is 0 Å². The maximum Gasteiger partial charge on any atom is 0.394 e. The Morgan fingerprint density at radius 1 is 0.617 bits per heavy atom. The maximum atomic E-state index is 13.5. The molecule has 0 N–H and O–H groups in total. The van der Waals surface area contributed by atoms with Gasteiger partial charge in [0.15, 0.2) is 0 Å². The first kappa shape index (κ1) is 29.9. The molecule has 0 bridgehead atoms. The molecule has 1 aliphatic rings. The van der Waals surface area contributed by atoms with E-state index < -0.39 is 11.6 Å². The Bertz CT molecular complexity index is 2220. The molecule has 6 heteroatoms. The third kappa shape index (κ3) is 4.93. The van der Waals surface area contributed by atoms with Crippen LogP contribution >= 0.6 is 22.7 Å². The molecule has 0 saturated heterocycles. The zero-order chi connectivity index (χ0) is 32.5. The van der Waals surface area contributed by atoms with Gasteiger partial charge in [-0.2, -0.15) is 13.2 Å². The van der Waals surface area contributed by atoms with Gasteiger partial charge in [0.2, 0.25) is 0 Å². The molecule has 4 aromatic carbocycles. The highest BCUT2D eigenvalue weighted by Gasteiger charge is 2.47. The van der Waals surface area contributed by atoms with Crippen molar-refractivity contribution in [2.24, 2.45) is 5.41 Å². The van der Waals surface area contributed by atoms with Crippen LogP contribution in [0.1, 0.15) is 25.0 Å². The van der Waals surface area contributed by atoms with E-state index in [9.17, 15) is 13.2 Å². The molecule has 0 amide bonds. The Labute approximate surface area is 280 Å². The van der Waals surface area contributed by atoms with E-state index in [0.29, 0.717) is 5.56 Å². The van der Waals surface area contributed by atoms with E-state index in [0.717, 1.165) is 36.7 Å². The summed E-state index contributed by atoms with van der Waals surface area (Å²) in [5.41, 5.74) is 10.5. The molecule has 232 valence electrons. The van der Waals surface area contributed by atoms with Gasteiger partial charge in [-0.15, -0.1) is 22.7 Å². The number of nitrogens with zero attached hydrogens (tertiary/aromatic N) is 1. The monoisotopic (exact) mass is 657 g/mol. The molecule has 0 saturated carbocycles. The lowest BCUT2D eigenvalue weighted by Gasteiger charge is -2.27. The number of fused-ring (bicyclic) bond motifs is 9. The summed E-state index contributed by atoms with van der Waals surface area (Å²) in [6.45, 7) is 4.64. The Morgan fingerprint density at radius 2 is 1.15 bits per heavy atom. The number of pyridine rings is 1. The number of benzene rings is 4. The Hall–Kier alpha value is -4.52. The van der Waals surface area contributed by atoms with Crippen molar-refractivity contribution in [3.05, 3.63) is 127 Å². The van der Waals surface area contributed by atoms with E-state index in [1.54, 1.807) is 22.7 Å². The molecule has 3 aromatic heterocycles. The molecule has 7 aromatic rings. The van der Waals surface area contributed by atoms with Crippen LogP contribution in [-0.4, -0.2) is 11.2 Å². The molecule has 0 spiro atoms. The molecule has 8 rings (SSSR count). The standard InChI is InChI=1S/C41H30F3NS2/c1-24-27-20-21-45-36(39(27)47-37(24)26-18-16-25(17-19-26)23-40(2,3)41(42,43)44)35-22-34-32-14-7-6-12-30(32)28-10-4-5-11-29(28)31-13-8-9-15-33(31)38(34)46-35/h4-22H,23H2,1-3H3. The molecule has 1 nitrogen and oxygen atoms in total. The minimum absolute atomic E-state index is 0.0589. The molecule has 47 heavy (non-hydrogen) atoms. The molecule has 0 atom stereocenters. The van der Waals surface area contributed by atoms with Crippen LogP contribution in [-0.2, 0) is 6.42 Å². The normalized spacial score (nSPS) is 12.6. The van der Waals surface area contributed by atoms with Crippen LogP contribution in [0, 0.1) is 12.3 Å². The number of alkyl halides is 3. The van der Waals surface area contributed by atoms with Gasteiger partial charge in [-0.25, -0.2) is 0 Å². The van der Waals surface area contributed by atoms with Crippen molar-refractivity contribution >= 4 is 32.8 Å². The average Bonchev–Trinajstić information content (AvgIpc) is 3.65. The summed E-state index contributed by atoms with van der Waals surface area (Å²) in [5.74, 6) is 0. The zero-order valence-corrected chi connectivity index (χ0v) is 27.7. The van der Waals surface area contributed by atoms with E-state index in [1.165, 1.54) is 57.7 Å². The third-order valence-electron chi connectivity index (χ3n) is 9.34. The van der Waals surface area contributed by atoms with Crippen molar-refractivity contribution in [1.82, 2.24) is 4.98 Å². The number of hydrogen-bond donors (Lipinski definition) is 0. The minimum Gasteiger partial charge on any atom is -0.254 e. The van der Waals surface area contributed by atoms with Crippen molar-refractivity contribution in [3.8, 4) is 64.8 Å². The van der Waals surface area contributed by atoms with Gasteiger partial charge in [-0.3, -0.25) is 4.98 Å². The Morgan fingerprint density at radius 3 is 1.72 bits per heavy atom. The van der Waals surface area contributed by atoms with Crippen molar-refractivity contribution in [2.45, 2.75) is 33.4 Å². The molecular weight excluding hydrogens is 628 g/mol. The Kier molecular flexibility index (Phi) is 7.01. The Balaban J connectivity index is 1.26. The fourth-order valence-electron chi connectivity index (χ4n) is 6.71. The highest BCUT2D eigenvalue weighted by molar-refractivity contribution is 7.24. The number of rotatable bonds is 4. The van der Waals surface area contributed by atoms with Gasteiger partial charge in [0, 0.05) is 27.1 Å². The summed E-state index contributed by atoms with van der Waals surface area (Å²) in [7, 11) is 0. The average molecular weight is 658 g/mol. The summed E-state index contributed by atoms with van der Waals surface area (Å²) in [6, 6.07) is 37.9. The number of thiophene rings is 2. The highest BCUT2D eigenvalue weighted by Crippen LogP contribution is 2.53. The van der Waals surface area contributed by atoms with Gasteiger partial charge in [-0.1, -0.05) is 111 Å². The summed E-state index contributed by atoms with van der Waals surface area (Å²) in [6.07, 6.45) is -2.43. The van der Waals surface area contributed by atoms with Gasteiger partial charge >= 0.3 is 6.18 Å². The van der Waals surface area contributed by atoms with Crippen molar-refractivity contribution < 1.29 is 13.2 Å². The number of aromatic nitrogens is 1. The quantitative estimate of drug-likeness (QED) is 0.184. The summed E-state index contributed by atoms with van der Waals surface area (Å²) < 4.78 is 41.7. The van der Waals surface area contributed by atoms with Crippen LogP contribution in [0.4, 0.5) is 13.2 Å². The van der Waals surface area contributed by atoms with E-state index in [2.05, 4.69) is 91.9 Å². The summed E-state index contributed by atoms with van der Waals surface area (Å²) in [5, 5.41) is 1.14. The van der Waals surface area contributed by atoms with E-state index in [-0.39, 0.29) is 6.42 Å². The zero-order valence-electron chi connectivity index (χ0n) is 26.1. The number of aryl methyl sites for hydroxylation is 1. The van der Waals surface area contributed by atoms with Crippen LogP contribution in [0.25, 0.3) is 74.9 Å². The first-order valence-electron chi connectivity index (χ1n) is 15.6. The second kappa shape index (κ2) is 11.0. The second-order valence-electron chi connectivity index (χ2n) is 12.8. The first-order valence-corrected chi connectivity index (χ1v) is 17.2. The van der Waals surface area contributed by atoms with Crippen molar-refractivity contribution in [1.29, 1.82) is 0 Å². The lowest BCUT2D eigenvalue weighted by atomic mass is 9.84.